The molecule has 0 atom stereocenters. The quantitative estimate of drug-likeness (QED) is 0.513. The number of hydrogen-bond acceptors (Lipinski definition) is 5. The summed E-state index contributed by atoms with van der Waals surface area (Å²) in [7, 11) is -3.87. The highest BCUT2D eigenvalue weighted by molar-refractivity contribution is 7.93. The van der Waals surface area contributed by atoms with Gasteiger partial charge in [-0.2, -0.15) is 0 Å². The summed E-state index contributed by atoms with van der Waals surface area (Å²) < 4.78 is 28.4. The molecule has 4 rings (SSSR count). The van der Waals surface area contributed by atoms with E-state index in [1.54, 1.807) is 17.5 Å². The molecule has 1 amide bonds. The van der Waals surface area contributed by atoms with Crippen LogP contribution in [0.4, 0.5) is 5.69 Å². The van der Waals surface area contributed by atoms with Crippen LogP contribution in [0.2, 0.25) is 0 Å². The second-order valence-corrected chi connectivity index (χ2v) is 10.6. The van der Waals surface area contributed by atoms with Gasteiger partial charge in [0.1, 0.15) is 9.77 Å². The van der Waals surface area contributed by atoms with Crippen molar-refractivity contribution in [2.24, 2.45) is 0 Å². The zero-order chi connectivity index (χ0) is 22.6. The topological polar surface area (TPSA) is 78.5 Å². The first-order valence-corrected chi connectivity index (χ1v) is 13.0. The van der Waals surface area contributed by atoms with E-state index in [0.29, 0.717) is 12.2 Å². The molecule has 0 saturated carbocycles. The van der Waals surface area contributed by atoms with E-state index in [1.807, 2.05) is 37.3 Å². The molecule has 2 aromatic carbocycles. The SMILES string of the molecule is Cc1ccc(NS(=O)(=O)c2ccsc2C(=O)NCc2ccccc2CN2CCCC2)cc1. The fraction of sp³-hybridized carbons (Fsp3) is 0.292. The van der Waals surface area contributed by atoms with Crippen LogP contribution < -0.4 is 10.0 Å². The second kappa shape index (κ2) is 9.85. The van der Waals surface area contributed by atoms with Gasteiger partial charge in [-0.1, -0.05) is 42.0 Å². The van der Waals surface area contributed by atoms with Gasteiger partial charge in [0.25, 0.3) is 15.9 Å². The summed E-state index contributed by atoms with van der Waals surface area (Å²) in [5.41, 5.74) is 3.74. The Hall–Kier alpha value is -2.68. The van der Waals surface area contributed by atoms with Crippen LogP contribution in [-0.4, -0.2) is 32.3 Å². The van der Waals surface area contributed by atoms with Crippen LogP contribution in [0.3, 0.4) is 0 Å². The van der Waals surface area contributed by atoms with E-state index in [9.17, 15) is 13.2 Å². The number of anilines is 1. The molecule has 1 aromatic heterocycles. The summed E-state index contributed by atoms with van der Waals surface area (Å²) in [5, 5.41) is 4.54. The number of rotatable bonds is 8. The van der Waals surface area contributed by atoms with Gasteiger partial charge in [0.2, 0.25) is 0 Å². The highest BCUT2D eigenvalue weighted by Crippen LogP contribution is 2.25. The van der Waals surface area contributed by atoms with Crippen molar-refractivity contribution in [3.8, 4) is 0 Å². The lowest BCUT2D eigenvalue weighted by Gasteiger charge is -2.17. The van der Waals surface area contributed by atoms with Gasteiger partial charge >= 0.3 is 0 Å². The van der Waals surface area contributed by atoms with Crippen LogP contribution in [0.5, 0.6) is 0 Å². The molecule has 32 heavy (non-hydrogen) atoms. The maximum Gasteiger partial charge on any atom is 0.263 e. The number of nitrogens with zero attached hydrogens (tertiary/aromatic N) is 1. The van der Waals surface area contributed by atoms with Crippen molar-refractivity contribution in [3.63, 3.8) is 0 Å². The average Bonchev–Trinajstić information content (AvgIpc) is 3.47. The molecular weight excluding hydrogens is 442 g/mol. The molecule has 1 fully saturated rings. The minimum atomic E-state index is -3.87. The molecule has 1 aliphatic rings. The lowest BCUT2D eigenvalue weighted by molar-refractivity contribution is 0.0952. The molecule has 1 aliphatic heterocycles. The van der Waals surface area contributed by atoms with Gasteiger partial charge in [0, 0.05) is 18.8 Å². The van der Waals surface area contributed by atoms with E-state index >= 15 is 0 Å². The molecule has 6 nitrogen and oxygen atoms in total. The third-order valence-electron chi connectivity index (χ3n) is 5.58. The van der Waals surface area contributed by atoms with Crippen molar-refractivity contribution in [3.05, 3.63) is 81.5 Å². The Balaban J connectivity index is 1.45. The number of likely N-dealkylation sites (tertiary alicyclic amines) is 1. The van der Waals surface area contributed by atoms with E-state index < -0.39 is 10.0 Å². The fourth-order valence-corrected chi connectivity index (χ4v) is 6.23. The smallest absolute Gasteiger partial charge is 0.263 e. The van der Waals surface area contributed by atoms with E-state index in [0.717, 1.165) is 42.1 Å². The van der Waals surface area contributed by atoms with Crippen molar-refractivity contribution in [1.82, 2.24) is 10.2 Å². The molecule has 168 valence electrons. The van der Waals surface area contributed by atoms with Crippen LogP contribution in [-0.2, 0) is 23.1 Å². The lowest BCUT2D eigenvalue weighted by atomic mass is 10.1. The molecule has 0 bridgehead atoms. The van der Waals surface area contributed by atoms with Crippen molar-refractivity contribution in [2.45, 2.75) is 37.8 Å². The molecule has 0 aliphatic carbocycles. The maximum atomic E-state index is 12.9. The normalized spacial score (nSPS) is 14.4. The summed E-state index contributed by atoms with van der Waals surface area (Å²) in [6.45, 7) is 5.36. The first-order chi connectivity index (χ1) is 15.4. The van der Waals surface area contributed by atoms with Crippen LogP contribution in [0.1, 0.15) is 39.2 Å². The summed E-state index contributed by atoms with van der Waals surface area (Å²) >= 11 is 1.12. The van der Waals surface area contributed by atoms with E-state index in [1.165, 1.54) is 24.5 Å². The molecule has 3 aromatic rings. The third kappa shape index (κ3) is 5.38. The van der Waals surface area contributed by atoms with Gasteiger partial charge in [-0.05, 0) is 67.6 Å². The zero-order valence-corrected chi connectivity index (χ0v) is 19.6. The lowest BCUT2D eigenvalue weighted by Crippen LogP contribution is -2.26. The van der Waals surface area contributed by atoms with Crippen LogP contribution >= 0.6 is 11.3 Å². The number of carbonyl (C=O) groups is 1. The summed E-state index contributed by atoms with van der Waals surface area (Å²) in [5.74, 6) is -0.389. The largest absolute Gasteiger partial charge is 0.347 e. The van der Waals surface area contributed by atoms with Gasteiger partial charge in [-0.15, -0.1) is 11.3 Å². The zero-order valence-electron chi connectivity index (χ0n) is 18.0. The Morgan fingerprint density at radius 1 is 1.00 bits per heavy atom. The molecule has 0 spiro atoms. The number of thiophene rings is 1. The number of aryl methyl sites for hydroxylation is 1. The molecule has 1 saturated heterocycles. The number of carbonyl (C=O) groups excluding carboxylic acids is 1. The first kappa shape index (κ1) is 22.5. The molecular formula is C24H27N3O3S2. The maximum absolute atomic E-state index is 12.9. The van der Waals surface area contributed by atoms with Crippen molar-refractivity contribution < 1.29 is 13.2 Å². The molecule has 2 N–H and O–H groups in total. The van der Waals surface area contributed by atoms with Crippen LogP contribution in [0.25, 0.3) is 0 Å². The summed E-state index contributed by atoms with van der Waals surface area (Å²) in [4.78, 5) is 15.5. The first-order valence-electron chi connectivity index (χ1n) is 10.7. The Kier molecular flexibility index (Phi) is 6.93. The Morgan fingerprint density at radius 3 is 2.41 bits per heavy atom. The molecule has 2 heterocycles. The van der Waals surface area contributed by atoms with Gasteiger partial charge < -0.3 is 5.32 Å². The number of sulfonamides is 1. The molecule has 0 unspecified atom stereocenters. The predicted octanol–water partition coefficient (Wildman–Crippen LogP) is 4.38. The number of benzene rings is 2. The highest BCUT2D eigenvalue weighted by Gasteiger charge is 2.24. The number of hydrogen-bond donors (Lipinski definition) is 2. The number of amides is 1. The standard InChI is InChI=1S/C24H27N3O3S2/c1-18-8-10-21(11-9-18)26-32(29,30)22-12-15-31-23(22)24(28)25-16-19-6-2-3-7-20(19)17-27-13-4-5-14-27/h2-3,6-12,15,26H,4-5,13-14,16-17H2,1H3,(H,25,28). The van der Waals surface area contributed by atoms with Gasteiger partial charge in [0.05, 0.1) is 0 Å². The predicted molar refractivity (Wildman–Crippen MR) is 128 cm³/mol. The van der Waals surface area contributed by atoms with Crippen molar-refractivity contribution >= 4 is 33.0 Å². The Labute approximate surface area is 193 Å². The van der Waals surface area contributed by atoms with Crippen molar-refractivity contribution in [1.29, 1.82) is 0 Å². The average molecular weight is 470 g/mol. The minimum absolute atomic E-state index is 0.00840. The monoisotopic (exact) mass is 469 g/mol. The van der Waals surface area contributed by atoms with E-state index in [-0.39, 0.29) is 15.7 Å². The molecule has 8 heteroatoms. The highest BCUT2D eigenvalue weighted by atomic mass is 32.2. The van der Waals surface area contributed by atoms with Gasteiger partial charge in [-0.25, -0.2) is 8.42 Å². The summed E-state index contributed by atoms with van der Waals surface area (Å²) in [6.07, 6.45) is 2.45. The van der Waals surface area contributed by atoms with Gasteiger partial charge in [0.15, 0.2) is 0 Å². The van der Waals surface area contributed by atoms with Gasteiger partial charge in [-0.3, -0.25) is 14.4 Å². The number of nitrogens with one attached hydrogen (secondary N) is 2. The molecule has 0 radical (unpaired) electrons. The Bertz CT molecular complexity index is 1180. The van der Waals surface area contributed by atoms with Crippen LogP contribution in [0.15, 0.2) is 64.9 Å². The van der Waals surface area contributed by atoms with Crippen LogP contribution in [0, 0.1) is 6.92 Å². The second-order valence-electron chi connectivity index (χ2n) is 8.02. The fourth-order valence-electron chi connectivity index (χ4n) is 3.83. The van der Waals surface area contributed by atoms with Crippen molar-refractivity contribution in [2.75, 3.05) is 17.8 Å². The van der Waals surface area contributed by atoms with E-state index in [4.69, 9.17) is 0 Å². The third-order valence-corrected chi connectivity index (χ3v) is 8.05. The van der Waals surface area contributed by atoms with E-state index in [2.05, 4.69) is 21.0 Å². The summed E-state index contributed by atoms with van der Waals surface area (Å²) in [6, 6.07) is 16.6. The Morgan fingerprint density at radius 2 is 1.69 bits per heavy atom. The minimum Gasteiger partial charge on any atom is -0.347 e.